The number of rotatable bonds is 6. The van der Waals surface area contributed by atoms with Crippen LogP contribution in [0.25, 0.3) is 0 Å². The van der Waals surface area contributed by atoms with Crippen LogP contribution in [0, 0.1) is 0 Å². The van der Waals surface area contributed by atoms with Crippen LogP contribution in [-0.4, -0.2) is 41.7 Å². The minimum atomic E-state index is -0.902. The summed E-state index contributed by atoms with van der Waals surface area (Å²) < 4.78 is 5.92. The molecule has 0 bridgehead atoms. The normalized spacial score (nSPS) is 17.1. The molecule has 110 valence electrons. The van der Waals surface area contributed by atoms with E-state index in [0.29, 0.717) is 5.56 Å². The third-order valence-electron chi connectivity index (χ3n) is 3.77. The summed E-state index contributed by atoms with van der Waals surface area (Å²) in [6.45, 7) is 5.60. The van der Waals surface area contributed by atoms with E-state index in [-0.39, 0.29) is 6.10 Å². The quantitative estimate of drug-likeness (QED) is 0.868. The largest absolute Gasteiger partial charge is 0.490 e. The van der Waals surface area contributed by atoms with Crippen LogP contribution >= 0.6 is 0 Å². The predicted octanol–water partition coefficient (Wildman–Crippen LogP) is 3.03. The molecule has 0 amide bonds. The van der Waals surface area contributed by atoms with Gasteiger partial charge in [0.15, 0.2) is 0 Å². The lowest BCUT2D eigenvalue weighted by atomic mass is 10.1. The summed E-state index contributed by atoms with van der Waals surface area (Å²) in [4.78, 5) is 13.3. The number of carbonyl (C=O) groups is 1. The number of carboxylic acids is 1. The van der Waals surface area contributed by atoms with E-state index in [0.717, 1.165) is 31.7 Å². The maximum atomic E-state index is 10.8. The van der Waals surface area contributed by atoms with Crippen molar-refractivity contribution < 1.29 is 14.6 Å². The van der Waals surface area contributed by atoms with Gasteiger partial charge in [0.2, 0.25) is 0 Å². The zero-order chi connectivity index (χ0) is 14.4. The molecule has 1 N–H and O–H groups in total. The number of carboxylic acid groups (broad SMARTS) is 1. The predicted molar refractivity (Wildman–Crippen MR) is 78.4 cm³/mol. The van der Waals surface area contributed by atoms with Crippen LogP contribution in [0.3, 0.4) is 0 Å². The second-order valence-electron chi connectivity index (χ2n) is 5.34. The molecule has 1 fully saturated rings. The van der Waals surface area contributed by atoms with Gasteiger partial charge in [-0.05, 0) is 50.1 Å². The van der Waals surface area contributed by atoms with Gasteiger partial charge in [-0.15, -0.1) is 0 Å². The molecule has 0 radical (unpaired) electrons. The molecule has 1 aromatic carbocycles. The molecule has 2 rings (SSSR count). The molecule has 0 unspecified atom stereocenters. The van der Waals surface area contributed by atoms with Crippen molar-refractivity contribution in [2.24, 2.45) is 0 Å². The highest BCUT2D eigenvalue weighted by Gasteiger charge is 2.20. The maximum Gasteiger partial charge on any atom is 0.335 e. The Bertz CT molecular complexity index is 422. The Morgan fingerprint density at radius 2 is 1.95 bits per heavy atom. The summed E-state index contributed by atoms with van der Waals surface area (Å²) in [5.74, 6) is -0.136. The molecule has 0 spiro atoms. The van der Waals surface area contributed by atoms with Gasteiger partial charge in [0, 0.05) is 13.1 Å². The van der Waals surface area contributed by atoms with Crippen molar-refractivity contribution in [2.75, 3.05) is 19.6 Å². The average molecular weight is 277 g/mol. The monoisotopic (exact) mass is 277 g/mol. The Kier molecular flexibility index (Phi) is 5.41. The van der Waals surface area contributed by atoms with Crippen molar-refractivity contribution in [1.29, 1.82) is 0 Å². The molecular weight excluding hydrogens is 254 g/mol. The summed E-state index contributed by atoms with van der Waals surface area (Å²) in [6, 6.07) is 6.67. The smallest absolute Gasteiger partial charge is 0.335 e. The Balaban J connectivity index is 1.79. The minimum absolute atomic E-state index is 0.253. The van der Waals surface area contributed by atoms with E-state index < -0.39 is 5.97 Å². The van der Waals surface area contributed by atoms with Crippen LogP contribution in [0.1, 0.15) is 43.0 Å². The Labute approximate surface area is 120 Å². The van der Waals surface area contributed by atoms with Gasteiger partial charge in [0.05, 0.1) is 5.56 Å². The fraction of sp³-hybridized carbons (Fsp3) is 0.562. The van der Waals surface area contributed by atoms with E-state index in [4.69, 9.17) is 9.84 Å². The molecule has 1 aliphatic rings. The van der Waals surface area contributed by atoms with Gasteiger partial charge in [-0.2, -0.15) is 0 Å². The number of aromatic carboxylic acids is 1. The van der Waals surface area contributed by atoms with E-state index in [1.54, 1.807) is 24.3 Å². The van der Waals surface area contributed by atoms with Crippen LogP contribution in [0.15, 0.2) is 24.3 Å². The van der Waals surface area contributed by atoms with Crippen molar-refractivity contribution in [2.45, 2.75) is 38.7 Å². The van der Waals surface area contributed by atoms with Crippen molar-refractivity contribution >= 4 is 5.97 Å². The number of piperidine rings is 1. The molecule has 0 atom stereocenters. The first kappa shape index (κ1) is 14.9. The first-order chi connectivity index (χ1) is 9.69. The topological polar surface area (TPSA) is 49.8 Å². The van der Waals surface area contributed by atoms with Gasteiger partial charge in [-0.25, -0.2) is 4.79 Å². The van der Waals surface area contributed by atoms with Gasteiger partial charge in [-0.3, -0.25) is 0 Å². The van der Waals surface area contributed by atoms with E-state index in [2.05, 4.69) is 11.8 Å². The fourth-order valence-electron chi connectivity index (χ4n) is 2.50. The summed E-state index contributed by atoms with van der Waals surface area (Å²) in [5.41, 5.74) is 0.298. The molecule has 4 heteroatoms. The highest BCUT2D eigenvalue weighted by molar-refractivity contribution is 5.87. The summed E-state index contributed by atoms with van der Waals surface area (Å²) in [6.07, 6.45) is 4.85. The van der Waals surface area contributed by atoms with Crippen LogP contribution < -0.4 is 4.74 Å². The highest BCUT2D eigenvalue weighted by atomic mass is 16.5. The third-order valence-corrected chi connectivity index (χ3v) is 3.77. The lowest BCUT2D eigenvalue weighted by Crippen LogP contribution is -2.38. The summed E-state index contributed by atoms with van der Waals surface area (Å²) in [7, 11) is 0. The molecule has 1 aliphatic heterocycles. The maximum absolute atomic E-state index is 10.8. The second-order valence-corrected chi connectivity index (χ2v) is 5.34. The zero-order valence-corrected chi connectivity index (χ0v) is 12.0. The number of ether oxygens (including phenoxy) is 1. The standard InChI is InChI=1S/C16H23NO3/c1-2-3-10-17-11-8-15(9-12-17)20-14-6-4-13(5-7-14)16(18)19/h4-7,15H,2-3,8-12H2,1H3,(H,18,19). The number of nitrogens with zero attached hydrogens (tertiary/aromatic N) is 1. The third kappa shape index (κ3) is 4.23. The summed E-state index contributed by atoms with van der Waals surface area (Å²) in [5, 5.41) is 8.85. The van der Waals surface area contributed by atoms with Crippen molar-refractivity contribution in [1.82, 2.24) is 4.90 Å². The number of benzene rings is 1. The first-order valence-corrected chi connectivity index (χ1v) is 7.41. The summed E-state index contributed by atoms with van der Waals surface area (Å²) >= 11 is 0. The van der Waals surface area contributed by atoms with E-state index in [9.17, 15) is 4.79 Å². The molecule has 1 saturated heterocycles. The molecule has 0 saturated carbocycles. The SMILES string of the molecule is CCCCN1CCC(Oc2ccc(C(=O)O)cc2)CC1. The van der Waals surface area contributed by atoms with Crippen molar-refractivity contribution in [3.05, 3.63) is 29.8 Å². The highest BCUT2D eigenvalue weighted by Crippen LogP contribution is 2.19. The van der Waals surface area contributed by atoms with E-state index in [1.807, 2.05) is 0 Å². The van der Waals surface area contributed by atoms with Gasteiger partial charge in [-0.1, -0.05) is 13.3 Å². The molecule has 20 heavy (non-hydrogen) atoms. The Morgan fingerprint density at radius 1 is 1.30 bits per heavy atom. The van der Waals surface area contributed by atoms with E-state index >= 15 is 0 Å². The van der Waals surface area contributed by atoms with Gasteiger partial charge in [0.25, 0.3) is 0 Å². The number of hydrogen-bond acceptors (Lipinski definition) is 3. The molecule has 4 nitrogen and oxygen atoms in total. The van der Waals surface area contributed by atoms with Crippen molar-refractivity contribution in [3.63, 3.8) is 0 Å². The number of likely N-dealkylation sites (tertiary alicyclic amines) is 1. The van der Waals surface area contributed by atoms with Crippen LogP contribution in [0.2, 0.25) is 0 Å². The second kappa shape index (κ2) is 7.29. The first-order valence-electron chi connectivity index (χ1n) is 7.41. The molecule has 0 aliphatic carbocycles. The number of unbranched alkanes of at least 4 members (excludes halogenated alkanes) is 1. The van der Waals surface area contributed by atoms with Gasteiger partial charge in [0.1, 0.15) is 11.9 Å². The van der Waals surface area contributed by atoms with Crippen molar-refractivity contribution in [3.8, 4) is 5.75 Å². The molecule has 0 aromatic heterocycles. The van der Waals surface area contributed by atoms with Crippen LogP contribution in [0.4, 0.5) is 0 Å². The average Bonchev–Trinajstić information content (AvgIpc) is 2.47. The number of hydrogen-bond donors (Lipinski definition) is 1. The molecular formula is C16H23NO3. The molecule has 1 heterocycles. The fourth-order valence-corrected chi connectivity index (χ4v) is 2.50. The Hall–Kier alpha value is -1.55. The van der Waals surface area contributed by atoms with E-state index in [1.165, 1.54) is 19.4 Å². The zero-order valence-electron chi connectivity index (χ0n) is 12.0. The van der Waals surface area contributed by atoms with Crippen LogP contribution in [-0.2, 0) is 0 Å². The van der Waals surface area contributed by atoms with Gasteiger partial charge < -0.3 is 14.7 Å². The lowest BCUT2D eigenvalue weighted by molar-refractivity contribution is 0.0696. The lowest BCUT2D eigenvalue weighted by Gasteiger charge is -2.32. The minimum Gasteiger partial charge on any atom is -0.490 e. The van der Waals surface area contributed by atoms with Crippen LogP contribution in [0.5, 0.6) is 5.75 Å². The van der Waals surface area contributed by atoms with Gasteiger partial charge >= 0.3 is 5.97 Å². The Morgan fingerprint density at radius 3 is 2.50 bits per heavy atom. The molecule has 1 aromatic rings.